The smallest absolute Gasteiger partial charge is 0.240 e. The molecule has 0 atom stereocenters. The van der Waals surface area contributed by atoms with Gasteiger partial charge in [-0.1, -0.05) is 33.9 Å². The van der Waals surface area contributed by atoms with Crippen molar-refractivity contribution in [3.05, 3.63) is 34.4 Å². The van der Waals surface area contributed by atoms with Gasteiger partial charge in [0.05, 0.1) is 6.54 Å². The number of benzene rings is 1. The Labute approximate surface area is 124 Å². The van der Waals surface area contributed by atoms with Crippen LogP contribution in [0.25, 0.3) is 11.4 Å². The summed E-state index contributed by atoms with van der Waals surface area (Å²) in [6.07, 6.45) is 4.98. The van der Waals surface area contributed by atoms with Gasteiger partial charge in [-0.15, -0.1) is 0 Å². The molecule has 1 aliphatic rings. The molecule has 0 unspecified atom stereocenters. The maximum atomic E-state index is 13.3. The van der Waals surface area contributed by atoms with Gasteiger partial charge in [0.2, 0.25) is 11.7 Å². The number of aromatic nitrogens is 2. The quantitative estimate of drug-likeness (QED) is 0.923. The Hall–Kier alpha value is -1.27. The molecule has 1 fully saturated rings. The van der Waals surface area contributed by atoms with E-state index in [0.717, 1.165) is 0 Å². The van der Waals surface area contributed by atoms with Crippen LogP contribution >= 0.6 is 15.9 Å². The molecule has 1 aromatic heterocycles. The minimum Gasteiger partial charge on any atom is -0.338 e. The van der Waals surface area contributed by atoms with E-state index in [1.54, 1.807) is 6.07 Å². The van der Waals surface area contributed by atoms with Crippen molar-refractivity contribution in [3.63, 3.8) is 0 Å². The highest BCUT2D eigenvalue weighted by atomic mass is 79.9. The van der Waals surface area contributed by atoms with Gasteiger partial charge in [-0.05, 0) is 31.0 Å². The number of nitrogens with one attached hydrogen (secondary N) is 1. The van der Waals surface area contributed by atoms with Gasteiger partial charge in [0, 0.05) is 16.1 Å². The van der Waals surface area contributed by atoms with E-state index in [2.05, 4.69) is 31.4 Å². The molecule has 0 aliphatic heterocycles. The van der Waals surface area contributed by atoms with Crippen LogP contribution in [0, 0.1) is 5.82 Å². The highest BCUT2D eigenvalue weighted by Crippen LogP contribution is 2.23. The third-order valence-electron chi connectivity index (χ3n) is 3.49. The maximum absolute atomic E-state index is 13.3. The molecule has 1 N–H and O–H groups in total. The van der Waals surface area contributed by atoms with E-state index in [1.807, 2.05) is 0 Å². The fourth-order valence-electron chi connectivity index (χ4n) is 2.49. The van der Waals surface area contributed by atoms with Crippen LogP contribution in [0.3, 0.4) is 0 Å². The van der Waals surface area contributed by atoms with Gasteiger partial charge < -0.3 is 9.84 Å². The summed E-state index contributed by atoms with van der Waals surface area (Å²) in [7, 11) is 0. The van der Waals surface area contributed by atoms with Crippen LogP contribution in [0.15, 0.2) is 27.2 Å². The first kappa shape index (κ1) is 13.7. The van der Waals surface area contributed by atoms with Crippen LogP contribution in [-0.4, -0.2) is 16.2 Å². The molecule has 1 aromatic carbocycles. The maximum Gasteiger partial charge on any atom is 0.240 e. The lowest BCUT2D eigenvalue weighted by molar-refractivity contribution is 0.357. The summed E-state index contributed by atoms with van der Waals surface area (Å²) in [6.45, 7) is 0.564. The van der Waals surface area contributed by atoms with Gasteiger partial charge in [-0.2, -0.15) is 4.98 Å². The van der Waals surface area contributed by atoms with Gasteiger partial charge in [-0.25, -0.2) is 4.39 Å². The lowest BCUT2D eigenvalue weighted by Crippen LogP contribution is -2.25. The molecule has 1 heterocycles. The first-order valence-corrected chi connectivity index (χ1v) is 7.52. The van der Waals surface area contributed by atoms with Gasteiger partial charge in [0.25, 0.3) is 0 Å². The molecule has 1 saturated carbocycles. The molecule has 0 radical (unpaired) electrons. The van der Waals surface area contributed by atoms with Crippen molar-refractivity contribution >= 4 is 15.9 Å². The van der Waals surface area contributed by atoms with Crippen molar-refractivity contribution in [2.75, 3.05) is 0 Å². The zero-order valence-electron chi connectivity index (χ0n) is 10.9. The van der Waals surface area contributed by atoms with Crippen molar-refractivity contribution in [2.24, 2.45) is 0 Å². The Bertz CT molecular complexity index is 576. The Morgan fingerprint density at radius 3 is 2.85 bits per heavy atom. The van der Waals surface area contributed by atoms with Gasteiger partial charge >= 0.3 is 0 Å². The van der Waals surface area contributed by atoms with E-state index in [1.165, 1.54) is 37.8 Å². The van der Waals surface area contributed by atoms with Crippen LogP contribution in [0.1, 0.15) is 31.6 Å². The molecule has 2 aromatic rings. The van der Waals surface area contributed by atoms with Crippen molar-refractivity contribution in [1.82, 2.24) is 15.5 Å². The fourth-order valence-corrected chi connectivity index (χ4v) is 2.95. The van der Waals surface area contributed by atoms with Crippen LogP contribution in [0.5, 0.6) is 0 Å². The predicted molar refractivity (Wildman–Crippen MR) is 76.5 cm³/mol. The molecule has 0 spiro atoms. The summed E-state index contributed by atoms with van der Waals surface area (Å²) in [5, 5.41) is 7.31. The summed E-state index contributed by atoms with van der Waals surface area (Å²) in [5.41, 5.74) is 0.604. The Balaban J connectivity index is 1.69. The van der Waals surface area contributed by atoms with Gasteiger partial charge in [0.15, 0.2) is 0 Å². The van der Waals surface area contributed by atoms with Crippen LogP contribution in [-0.2, 0) is 6.54 Å². The van der Waals surface area contributed by atoms with E-state index >= 15 is 0 Å². The van der Waals surface area contributed by atoms with E-state index in [0.29, 0.717) is 34.3 Å². The molecule has 6 heteroatoms. The number of rotatable bonds is 4. The highest BCUT2D eigenvalue weighted by Gasteiger charge is 2.16. The monoisotopic (exact) mass is 339 g/mol. The molecule has 4 nitrogen and oxygen atoms in total. The summed E-state index contributed by atoms with van der Waals surface area (Å²) in [5.74, 6) is 0.616. The van der Waals surface area contributed by atoms with E-state index < -0.39 is 0 Å². The summed E-state index contributed by atoms with van der Waals surface area (Å²) < 4.78 is 19.2. The molecule has 0 bridgehead atoms. The first-order chi connectivity index (χ1) is 9.70. The van der Waals surface area contributed by atoms with Gasteiger partial charge in [-0.3, -0.25) is 0 Å². The lowest BCUT2D eigenvalue weighted by atomic mass is 10.2. The largest absolute Gasteiger partial charge is 0.338 e. The topological polar surface area (TPSA) is 51.0 Å². The molecular weight excluding hydrogens is 325 g/mol. The molecular formula is C14H15BrFN3O. The van der Waals surface area contributed by atoms with Crippen LogP contribution < -0.4 is 5.32 Å². The van der Waals surface area contributed by atoms with Crippen molar-refractivity contribution in [2.45, 2.75) is 38.3 Å². The molecule has 1 aliphatic carbocycles. The van der Waals surface area contributed by atoms with E-state index in [4.69, 9.17) is 4.52 Å². The fraction of sp³-hybridized carbons (Fsp3) is 0.429. The number of nitrogens with zero attached hydrogens (tertiary/aromatic N) is 2. The third-order valence-corrected chi connectivity index (χ3v) is 3.94. The molecule has 106 valence electrons. The Kier molecular flexibility index (Phi) is 4.12. The summed E-state index contributed by atoms with van der Waals surface area (Å²) in [6, 6.07) is 5.10. The van der Waals surface area contributed by atoms with Gasteiger partial charge in [0.1, 0.15) is 5.82 Å². The lowest BCUT2D eigenvalue weighted by Gasteiger charge is -2.08. The molecule has 0 amide bonds. The zero-order valence-corrected chi connectivity index (χ0v) is 12.5. The zero-order chi connectivity index (χ0) is 13.9. The highest BCUT2D eigenvalue weighted by molar-refractivity contribution is 9.10. The average molecular weight is 340 g/mol. The number of hydrogen-bond acceptors (Lipinski definition) is 4. The third kappa shape index (κ3) is 3.24. The minimum absolute atomic E-state index is 0.329. The first-order valence-electron chi connectivity index (χ1n) is 6.73. The second-order valence-electron chi connectivity index (χ2n) is 5.03. The normalized spacial score (nSPS) is 15.9. The van der Waals surface area contributed by atoms with E-state index in [9.17, 15) is 4.39 Å². The average Bonchev–Trinajstić information content (AvgIpc) is 3.07. The van der Waals surface area contributed by atoms with E-state index in [-0.39, 0.29) is 5.82 Å². The standard InChI is InChI=1S/C14H15BrFN3O/c15-10-5-9(6-11(16)7-10)14-18-13(20-19-14)8-17-12-3-1-2-4-12/h5-7,12,17H,1-4,8H2. The summed E-state index contributed by atoms with van der Waals surface area (Å²) in [4.78, 5) is 4.30. The Morgan fingerprint density at radius 1 is 1.30 bits per heavy atom. The van der Waals surface area contributed by atoms with Crippen LogP contribution in [0.4, 0.5) is 4.39 Å². The summed E-state index contributed by atoms with van der Waals surface area (Å²) >= 11 is 3.25. The number of hydrogen-bond donors (Lipinski definition) is 1. The molecule has 0 saturated heterocycles. The van der Waals surface area contributed by atoms with Crippen molar-refractivity contribution in [3.8, 4) is 11.4 Å². The number of halogens is 2. The Morgan fingerprint density at radius 2 is 2.10 bits per heavy atom. The van der Waals surface area contributed by atoms with Crippen LogP contribution in [0.2, 0.25) is 0 Å². The van der Waals surface area contributed by atoms with Crippen molar-refractivity contribution in [1.29, 1.82) is 0 Å². The molecule has 3 rings (SSSR count). The SMILES string of the molecule is Fc1cc(Br)cc(-c2noc(CNC3CCCC3)n2)c1. The minimum atomic E-state index is -0.329. The second-order valence-corrected chi connectivity index (χ2v) is 5.95. The molecule has 20 heavy (non-hydrogen) atoms. The predicted octanol–water partition coefficient (Wildman–Crippen LogP) is 3.67. The second kappa shape index (κ2) is 6.01. The van der Waals surface area contributed by atoms with Crippen molar-refractivity contribution < 1.29 is 8.91 Å².